The molecule has 1 aromatic heterocycles. The molecule has 9 nitrogen and oxygen atoms in total. The van der Waals surface area contributed by atoms with Gasteiger partial charge >= 0.3 is 12.1 Å². The van der Waals surface area contributed by atoms with Crippen molar-refractivity contribution < 1.29 is 36.3 Å². The van der Waals surface area contributed by atoms with E-state index in [-0.39, 0.29) is 26.1 Å². The number of nitrogens with one attached hydrogen (secondary N) is 1. The van der Waals surface area contributed by atoms with Gasteiger partial charge < -0.3 is 15.0 Å². The van der Waals surface area contributed by atoms with Gasteiger partial charge in [-0.1, -0.05) is 0 Å². The summed E-state index contributed by atoms with van der Waals surface area (Å²) in [6, 6.07) is 1.23. The maximum Gasteiger partial charge on any atom is 0.416 e. The highest BCUT2D eigenvalue weighted by atomic mass is 32.2. The number of aromatic nitrogens is 2. The molecule has 3 rings (SSSR count). The minimum absolute atomic E-state index is 0.0575. The van der Waals surface area contributed by atoms with E-state index in [1.165, 1.54) is 17.4 Å². The van der Waals surface area contributed by atoms with Gasteiger partial charge in [0.05, 0.1) is 23.2 Å². The molecule has 2 N–H and O–H groups in total. The Morgan fingerprint density at radius 1 is 1.20 bits per heavy atom. The summed E-state index contributed by atoms with van der Waals surface area (Å²) in [5.41, 5.74) is -0.503. The van der Waals surface area contributed by atoms with Gasteiger partial charge in [-0.05, 0) is 24.3 Å². The van der Waals surface area contributed by atoms with Gasteiger partial charge in [0.15, 0.2) is 0 Å². The number of imidazole rings is 1. The monoisotopic (exact) mass is 446 g/mol. The lowest BCUT2D eigenvalue weighted by atomic mass is 10.2. The van der Waals surface area contributed by atoms with Crippen LogP contribution in [0.15, 0.2) is 41.7 Å². The zero-order valence-electron chi connectivity index (χ0n) is 15.3. The van der Waals surface area contributed by atoms with Crippen molar-refractivity contribution in [1.29, 1.82) is 0 Å². The van der Waals surface area contributed by atoms with Crippen LogP contribution in [0, 0.1) is 0 Å². The quantitative estimate of drug-likeness (QED) is 0.705. The van der Waals surface area contributed by atoms with E-state index in [0.29, 0.717) is 22.1 Å². The SMILES string of the molecule is O=C(O)[C@H]1CN(C(=O)Cc2cnc[nH]2)CCN1S(=O)(=O)c1ccc(C(F)(F)F)cc1. The second-order valence-corrected chi connectivity index (χ2v) is 8.48. The summed E-state index contributed by atoms with van der Waals surface area (Å²) in [6.45, 7) is -0.756. The lowest BCUT2D eigenvalue weighted by Gasteiger charge is -2.38. The van der Waals surface area contributed by atoms with Gasteiger partial charge in [0.2, 0.25) is 15.9 Å². The van der Waals surface area contributed by atoms with Crippen LogP contribution in [0.1, 0.15) is 11.3 Å². The van der Waals surface area contributed by atoms with E-state index in [4.69, 9.17) is 0 Å². The number of hydrogen-bond donors (Lipinski definition) is 2. The Morgan fingerprint density at radius 2 is 1.87 bits per heavy atom. The fourth-order valence-corrected chi connectivity index (χ4v) is 4.65. The fourth-order valence-electron chi connectivity index (χ4n) is 3.09. The number of halogens is 3. The largest absolute Gasteiger partial charge is 0.480 e. The molecule has 1 amide bonds. The highest BCUT2D eigenvalue weighted by Crippen LogP contribution is 2.30. The first-order valence-corrected chi connectivity index (χ1v) is 10.1. The molecule has 0 unspecified atom stereocenters. The van der Waals surface area contributed by atoms with Crippen molar-refractivity contribution in [3.63, 3.8) is 0 Å². The van der Waals surface area contributed by atoms with Gasteiger partial charge in [-0.25, -0.2) is 13.4 Å². The molecule has 2 aromatic rings. The molecule has 0 bridgehead atoms. The van der Waals surface area contributed by atoms with Crippen molar-refractivity contribution in [2.45, 2.75) is 23.5 Å². The Bertz CT molecular complexity index is 1020. The van der Waals surface area contributed by atoms with Crippen LogP contribution in [0.2, 0.25) is 0 Å². The number of carbonyl (C=O) groups excluding carboxylic acids is 1. The number of piperazine rings is 1. The molecule has 0 saturated carbocycles. The standard InChI is InChI=1S/C17H17F3N4O5S/c18-17(19,20)11-1-3-13(4-2-11)30(28,29)24-6-5-23(9-14(24)16(26)27)15(25)7-12-8-21-10-22-12/h1-4,8,10,14H,5-7,9H2,(H,21,22)(H,26,27)/t14-/m1/s1. The second kappa shape index (κ2) is 8.07. The first-order chi connectivity index (χ1) is 14.0. The summed E-state index contributed by atoms with van der Waals surface area (Å²) in [5.74, 6) is -1.87. The predicted octanol–water partition coefficient (Wildman–Crippen LogP) is 0.957. The normalized spacial score (nSPS) is 18.4. The number of carboxylic acid groups (broad SMARTS) is 1. The maximum atomic E-state index is 12.9. The molecule has 13 heteroatoms. The zero-order valence-corrected chi connectivity index (χ0v) is 16.2. The van der Waals surface area contributed by atoms with Crippen LogP contribution in [-0.4, -0.2) is 70.3 Å². The number of aromatic amines is 1. The molecule has 1 fully saturated rings. The lowest BCUT2D eigenvalue weighted by Crippen LogP contribution is -2.59. The number of hydrogen-bond acceptors (Lipinski definition) is 5. The Hall–Kier alpha value is -2.93. The average molecular weight is 446 g/mol. The van der Waals surface area contributed by atoms with Crippen LogP contribution < -0.4 is 0 Å². The number of H-pyrrole nitrogens is 1. The number of carboxylic acids is 1. The molecular formula is C17H17F3N4O5S. The third kappa shape index (κ3) is 4.46. The van der Waals surface area contributed by atoms with Crippen molar-refractivity contribution in [2.75, 3.05) is 19.6 Å². The number of carbonyl (C=O) groups is 2. The van der Waals surface area contributed by atoms with Crippen LogP contribution in [0.5, 0.6) is 0 Å². The average Bonchev–Trinajstić information content (AvgIpc) is 3.20. The zero-order chi connectivity index (χ0) is 22.1. The third-order valence-electron chi connectivity index (χ3n) is 4.65. The summed E-state index contributed by atoms with van der Waals surface area (Å²) >= 11 is 0. The second-order valence-electron chi connectivity index (χ2n) is 6.59. The van der Waals surface area contributed by atoms with Gasteiger partial charge in [0.1, 0.15) is 6.04 Å². The van der Waals surface area contributed by atoms with Crippen LogP contribution in [0.3, 0.4) is 0 Å². The first kappa shape index (κ1) is 21.8. The van der Waals surface area contributed by atoms with Crippen molar-refractivity contribution >= 4 is 21.9 Å². The maximum absolute atomic E-state index is 12.9. The minimum atomic E-state index is -4.63. The van der Waals surface area contributed by atoms with Crippen molar-refractivity contribution in [3.05, 3.63) is 48.0 Å². The number of aliphatic carboxylic acids is 1. The molecular weight excluding hydrogens is 429 g/mol. The van der Waals surface area contributed by atoms with Crippen molar-refractivity contribution in [3.8, 4) is 0 Å². The molecule has 0 aliphatic carbocycles. The van der Waals surface area contributed by atoms with Crippen LogP contribution in [-0.2, 0) is 32.2 Å². The number of nitrogens with zero attached hydrogens (tertiary/aromatic N) is 3. The number of amides is 1. The summed E-state index contributed by atoms with van der Waals surface area (Å²) < 4.78 is 64.5. The summed E-state index contributed by atoms with van der Waals surface area (Å²) in [7, 11) is -4.39. The summed E-state index contributed by atoms with van der Waals surface area (Å²) in [4.78, 5) is 31.4. The van der Waals surface area contributed by atoms with Gasteiger partial charge in [-0.15, -0.1) is 0 Å². The van der Waals surface area contributed by atoms with E-state index in [2.05, 4.69) is 9.97 Å². The number of rotatable bonds is 5. The highest BCUT2D eigenvalue weighted by Gasteiger charge is 2.41. The van der Waals surface area contributed by atoms with Gasteiger partial charge in [0, 0.05) is 31.5 Å². The molecule has 30 heavy (non-hydrogen) atoms. The minimum Gasteiger partial charge on any atom is -0.480 e. The van der Waals surface area contributed by atoms with Gasteiger partial charge in [-0.3, -0.25) is 9.59 Å². The molecule has 2 heterocycles. The Kier molecular flexibility index (Phi) is 5.85. The van der Waals surface area contributed by atoms with Crippen molar-refractivity contribution in [2.24, 2.45) is 0 Å². The number of sulfonamides is 1. The van der Waals surface area contributed by atoms with E-state index in [1.54, 1.807) is 0 Å². The summed E-state index contributed by atoms with van der Waals surface area (Å²) in [5, 5.41) is 9.52. The molecule has 1 aliphatic heterocycles. The molecule has 1 aromatic carbocycles. The van der Waals surface area contributed by atoms with E-state index in [0.717, 1.165) is 12.1 Å². The molecule has 1 aliphatic rings. The first-order valence-electron chi connectivity index (χ1n) is 8.67. The molecule has 1 saturated heterocycles. The van der Waals surface area contributed by atoms with E-state index >= 15 is 0 Å². The van der Waals surface area contributed by atoms with E-state index < -0.39 is 44.6 Å². The van der Waals surface area contributed by atoms with Crippen LogP contribution in [0.25, 0.3) is 0 Å². The van der Waals surface area contributed by atoms with Crippen LogP contribution >= 0.6 is 0 Å². The molecule has 0 spiro atoms. The van der Waals surface area contributed by atoms with Gasteiger partial charge in [-0.2, -0.15) is 17.5 Å². The van der Waals surface area contributed by atoms with Gasteiger partial charge in [0.25, 0.3) is 0 Å². The topological polar surface area (TPSA) is 124 Å². The third-order valence-corrected chi connectivity index (χ3v) is 6.58. The smallest absolute Gasteiger partial charge is 0.416 e. The highest BCUT2D eigenvalue weighted by molar-refractivity contribution is 7.89. The molecule has 162 valence electrons. The van der Waals surface area contributed by atoms with E-state index in [9.17, 15) is 36.3 Å². The Labute approximate surface area is 169 Å². The van der Waals surface area contributed by atoms with E-state index in [1.807, 2.05) is 0 Å². The lowest BCUT2D eigenvalue weighted by molar-refractivity contribution is -0.145. The van der Waals surface area contributed by atoms with Crippen molar-refractivity contribution in [1.82, 2.24) is 19.2 Å². The molecule has 1 atom stereocenters. The summed E-state index contributed by atoms with van der Waals surface area (Å²) in [6.07, 6.45) is -1.86. The number of benzene rings is 1. The number of alkyl halides is 3. The Balaban J connectivity index is 1.79. The fraction of sp³-hybridized carbons (Fsp3) is 0.353. The predicted molar refractivity (Wildman–Crippen MR) is 95.6 cm³/mol. The Morgan fingerprint density at radius 3 is 2.40 bits per heavy atom. The van der Waals surface area contributed by atoms with Crippen LogP contribution in [0.4, 0.5) is 13.2 Å². The molecule has 0 radical (unpaired) electrons.